The Balaban J connectivity index is 0.00000289. The number of methoxy groups -OCH3 is 1. The van der Waals surface area contributed by atoms with E-state index in [-0.39, 0.29) is 29.5 Å². The van der Waals surface area contributed by atoms with Gasteiger partial charge in [0.05, 0.1) is 38.1 Å². The summed E-state index contributed by atoms with van der Waals surface area (Å²) >= 11 is 2.06. The molecule has 3 aliphatic rings. The zero-order valence-electron chi connectivity index (χ0n) is 19.3. The van der Waals surface area contributed by atoms with Crippen LogP contribution in [0, 0.1) is 0 Å². The highest BCUT2D eigenvalue weighted by molar-refractivity contribution is 14.0. The first kappa shape index (κ1) is 25.7. The number of guanidine groups is 1. The van der Waals surface area contributed by atoms with E-state index in [1.54, 1.807) is 7.11 Å². The van der Waals surface area contributed by atoms with E-state index < -0.39 is 0 Å². The predicted octanol–water partition coefficient (Wildman–Crippen LogP) is 2.65. The highest BCUT2D eigenvalue weighted by Crippen LogP contribution is 2.34. The van der Waals surface area contributed by atoms with E-state index in [0.29, 0.717) is 6.04 Å². The molecule has 9 heteroatoms. The summed E-state index contributed by atoms with van der Waals surface area (Å²) in [5.74, 6) is 4.28. The molecule has 3 saturated heterocycles. The van der Waals surface area contributed by atoms with Gasteiger partial charge < -0.3 is 25.0 Å². The van der Waals surface area contributed by atoms with E-state index in [9.17, 15) is 0 Å². The molecule has 3 aliphatic heterocycles. The molecule has 32 heavy (non-hydrogen) atoms. The fourth-order valence-electron chi connectivity index (χ4n) is 4.84. The number of nitrogens with zero attached hydrogens (tertiary/aromatic N) is 3. The van der Waals surface area contributed by atoms with Gasteiger partial charge in [-0.2, -0.15) is 11.8 Å². The van der Waals surface area contributed by atoms with Crippen LogP contribution in [0.5, 0.6) is 5.75 Å². The molecular weight excluding hydrogens is 537 g/mol. The number of halogens is 1. The molecule has 0 aliphatic carbocycles. The molecule has 0 spiro atoms. The number of morpholine rings is 1. The van der Waals surface area contributed by atoms with Crippen LogP contribution >= 0.6 is 35.7 Å². The molecule has 0 amide bonds. The van der Waals surface area contributed by atoms with Crippen molar-refractivity contribution >= 4 is 47.4 Å². The Morgan fingerprint density at radius 1 is 1.28 bits per heavy atom. The molecule has 1 aromatic carbocycles. The van der Waals surface area contributed by atoms with Crippen molar-refractivity contribution in [2.75, 3.05) is 76.0 Å². The lowest BCUT2D eigenvalue weighted by molar-refractivity contribution is -0.0104. The topological polar surface area (TPSA) is 61.4 Å². The minimum atomic E-state index is 0. The van der Waals surface area contributed by atoms with Gasteiger partial charge in [-0.15, -0.1) is 24.0 Å². The van der Waals surface area contributed by atoms with Gasteiger partial charge in [0.15, 0.2) is 5.96 Å². The Kier molecular flexibility index (Phi) is 10.1. The summed E-state index contributed by atoms with van der Waals surface area (Å²) in [5.41, 5.74) is 1.35. The van der Waals surface area contributed by atoms with Crippen LogP contribution < -0.4 is 20.3 Å². The molecule has 180 valence electrons. The van der Waals surface area contributed by atoms with Crippen molar-refractivity contribution in [3.05, 3.63) is 24.3 Å². The van der Waals surface area contributed by atoms with Crippen molar-refractivity contribution in [2.45, 2.75) is 31.3 Å². The van der Waals surface area contributed by atoms with Crippen LogP contribution in [0.15, 0.2) is 29.3 Å². The van der Waals surface area contributed by atoms with E-state index in [0.717, 1.165) is 70.6 Å². The Bertz CT molecular complexity index is 741. The van der Waals surface area contributed by atoms with Crippen molar-refractivity contribution in [1.82, 2.24) is 15.5 Å². The zero-order chi connectivity index (χ0) is 21.5. The van der Waals surface area contributed by atoms with Crippen molar-refractivity contribution in [3.63, 3.8) is 0 Å². The molecule has 2 atom stereocenters. The third kappa shape index (κ3) is 6.15. The second kappa shape index (κ2) is 12.5. The van der Waals surface area contributed by atoms with E-state index in [1.807, 2.05) is 12.1 Å². The van der Waals surface area contributed by atoms with Crippen LogP contribution in [0.4, 0.5) is 5.69 Å². The maximum atomic E-state index is 5.60. The van der Waals surface area contributed by atoms with Gasteiger partial charge >= 0.3 is 0 Å². The monoisotopic (exact) mass is 575 g/mol. The third-order valence-corrected chi connectivity index (χ3v) is 7.83. The van der Waals surface area contributed by atoms with Crippen molar-refractivity contribution in [2.24, 2.45) is 4.99 Å². The number of benzene rings is 1. The largest absolute Gasteiger partial charge is 0.495 e. The standard InChI is InChI=1S/C23H37N5O2S.HI/c1-3-24-22(25-17-23(9-15-31-18-23)28-11-13-30-14-12-28)26-19-8-10-27(16-19)20-6-4-5-7-21(20)29-2;/h4-7,19H,3,8-18H2,1-2H3,(H2,24,25,26);1H. The van der Waals surface area contributed by atoms with Crippen LogP contribution in [0.25, 0.3) is 0 Å². The Labute approximate surface area is 214 Å². The summed E-state index contributed by atoms with van der Waals surface area (Å²) < 4.78 is 11.2. The second-order valence-corrected chi connectivity index (χ2v) is 9.67. The van der Waals surface area contributed by atoms with Gasteiger partial charge in [-0.3, -0.25) is 9.89 Å². The molecule has 0 radical (unpaired) electrons. The Morgan fingerprint density at radius 3 is 2.81 bits per heavy atom. The van der Waals surface area contributed by atoms with Crippen LogP contribution in [0.2, 0.25) is 0 Å². The molecule has 4 rings (SSSR count). The summed E-state index contributed by atoms with van der Waals surface area (Å²) in [5, 5.41) is 7.18. The SMILES string of the molecule is CCNC(=NCC1(N2CCOCC2)CCSC1)NC1CCN(c2ccccc2OC)C1.I. The van der Waals surface area contributed by atoms with Gasteiger partial charge in [-0.05, 0) is 37.7 Å². The lowest BCUT2D eigenvalue weighted by Gasteiger charge is -2.42. The Morgan fingerprint density at radius 2 is 2.09 bits per heavy atom. The van der Waals surface area contributed by atoms with Crippen molar-refractivity contribution in [3.8, 4) is 5.75 Å². The average Bonchev–Trinajstić information content (AvgIpc) is 3.49. The molecule has 0 saturated carbocycles. The Hall–Kier alpha value is -0.910. The lowest BCUT2D eigenvalue weighted by Crippen LogP contribution is -2.56. The molecule has 0 bridgehead atoms. The van der Waals surface area contributed by atoms with Gasteiger partial charge in [0, 0.05) is 44.5 Å². The number of para-hydroxylation sites is 2. The molecule has 2 unspecified atom stereocenters. The molecule has 0 aromatic heterocycles. The zero-order valence-corrected chi connectivity index (χ0v) is 22.5. The lowest BCUT2D eigenvalue weighted by atomic mass is 9.96. The maximum absolute atomic E-state index is 5.60. The minimum absolute atomic E-state index is 0. The highest BCUT2D eigenvalue weighted by Gasteiger charge is 2.40. The van der Waals surface area contributed by atoms with Gasteiger partial charge in [-0.25, -0.2) is 0 Å². The number of nitrogens with one attached hydrogen (secondary N) is 2. The highest BCUT2D eigenvalue weighted by atomic mass is 127. The smallest absolute Gasteiger partial charge is 0.191 e. The number of hydrogen-bond donors (Lipinski definition) is 2. The fourth-order valence-corrected chi connectivity index (χ4v) is 6.30. The third-order valence-electron chi connectivity index (χ3n) is 6.60. The molecule has 7 nitrogen and oxygen atoms in total. The van der Waals surface area contributed by atoms with Gasteiger partial charge in [-0.1, -0.05) is 12.1 Å². The fraction of sp³-hybridized carbons (Fsp3) is 0.696. The van der Waals surface area contributed by atoms with Crippen molar-refractivity contribution in [1.29, 1.82) is 0 Å². The van der Waals surface area contributed by atoms with E-state index >= 15 is 0 Å². The van der Waals surface area contributed by atoms with Crippen LogP contribution in [-0.2, 0) is 4.74 Å². The van der Waals surface area contributed by atoms with E-state index in [2.05, 4.69) is 51.3 Å². The summed E-state index contributed by atoms with van der Waals surface area (Å²) in [7, 11) is 1.74. The van der Waals surface area contributed by atoms with Crippen LogP contribution in [-0.4, -0.2) is 93.5 Å². The number of hydrogen-bond acceptors (Lipinski definition) is 6. The number of ether oxygens (including phenoxy) is 2. The van der Waals surface area contributed by atoms with Gasteiger partial charge in [0.1, 0.15) is 5.75 Å². The average molecular weight is 576 g/mol. The molecule has 2 N–H and O–H groups in total. The summed E-state index contributed by atoms with van der Waals surface area (Å²) in [4.78, 5) is 10.1. The van der Waals surface area contributed by atoms with E-state index in [1.165, 1.54) is 23.6 Å². The van der Waals surface area contributed by atoms with Crippen LogP contribution in [0.3, 0.4) is 0 Å². The molecule has 3 fully saturated rings. The number of thioether (sulfide) groups is 1. The predicted molar refractivity (Wildman–Crippen MR) is 145 cm³/mol. The summed E-state index contributed by atoms with van der Waals surface area (Å²) in [6.45, 7) is 9.56. The number of rotatable bonds is 7. The molecule has 3 heterocycles. The first-order valence-corrected chi connectivity index (χ1v) is 12.7. The first-order valence-electron chi connectivity index (χ1n) is 11.6. The van der Waals surface area contributed by atoms with Crippen molar-refractivity contribution < 1.29 is 9.47 Å². The van der Waals surface area contributed by atoms with Crippen LogP contribution in [0.1, 0.15) is 19.8 Å². The van der Waals surface area contributed by atoms with Gasteiger partial charge in [0.25, 0.3) is 0 Å². The van der Waals surface area contributed by atoms with Gasteiger partial charge in [0.2, 0.25) is 0 Å². The molecule has 1 aromatic rings. The maximum Gasteiger partial charge on any atom is 0.191 e. The quantitative estimate of drug-likeness (QED) is 0.295. The number of anilines is 1. The molecular formula is C23H38IN5O2S. The second-order valence-electron chi connectivity index (χ2n) is 8.57. The summed E-state index contributed by atoms with van der Waals surface area (Å²) in [6.07, 6.45) is 2.30. The van der Waals surface area contributed by atoms with E-state index in [4.69, 9.17) is 14.5 Å². The number of aliphatic imine (C=N–C) groups is 1. The summed E-state index contributed by atoms with van der Waals surface area (Å²) in [6, 6.07) is 8.65. The first-order chi connectivity index (χ1) is 15.2. The minimum Gasteiger partial charge on any atom is -0.495 e. The normalized spacial score (nSPS) is 26.6.